The van der Waals surface area contributed by atoms with E-state index in [4.69, 9.17) is 0 Å². The first-order valence-corrected chi connectivity index (χ1v) is 6.96. The minimum Gasteiger partial charge on any atom is -0.393 e. The Morgan fingerprint density at radius 1 is 1.31 bits per heavy atom. The molecular formula is C14H29NO. The second-order valence-electron chi connectivity index (χ2n) is 5.99. The van der Waals surface area contributed by atoms with Crippen molar-refractivity contribution in [1.29, 1.82) is 0 Å². The fourth-order valence-electron chi connectivity index (χ4n) is 2.94. The van der Waals surface area contributed by atoms with Crippen LogP contribution in [0.2, 0.25) is 0 Å². The van der Waals surface area contributed by atoms with Crippen LogP contribution < -0.4 is 5.32 Å². The summed E-state index contributed by atoms with van der Waals surface area (Å²) in [6.07, 6.45) is 6.39. The van der Waals surface area contributed by atoms with Gasteiger partial charge in [0.2, 0.25) is 0 Å². The highest BCUT2D eigenvalue weighted by atomic mass is 16.3. The predicted octanol–water partition coefficient (Wildman–Crippen LogP) is 2.81. The number of hydrogen-bond acceptors (Lipinski definition) is 2. The van der Waals surface area contributed by atoms with Crippen molar-refractivity contribution < 1.29 is 5.11 Å². The van der Waals surface area contributed by atoms with Crippen LogP contribution in [0.5, 0.6) is 0 Å². The second-order valence-corrected chi connectivity index (χ2v) is 5.99. The number of aliphatic hydroxyl groups is 1. The molecule has 0 bridgehead atoms. The van der Waals surface area contributed by atoms with Gasteiger partial charge in [0.1, 0.15) is 0 Å². The lowest BCUT2D eigenvalue weighted by atomic mass is 9.82. The molecule has 0 aromatic carbocycles. The maximum absolute atomic E-state index is 9.28. The molecule has 0 spiro atoms. The van der Waals surface area contributed by atoms with Crippen molar-refractivity contribution in [2.75, 3.05) is 13.1 Å². The Morgan fingerprint density at radius 3 is 2.69 bits per heavy atom. The molecule has 1 aliphatic carbocycles. The lowest BCUT2D eigenvalue weighted by Crippen LogP contribution is -2.30. The zero-order valence-electron chi connectivity index (χ0n) is 11.2. The molecule has 1 fully saturated rings. The molecule has 96 valence electrons. The van der Waals surface area contributed by atoms with Crippen LogP contribution in [0.3, 0.4) is 0 Å². The maximum Gasteiger partial charge on any atom is 0.0515 e. The van der Waals surface area contributed by atoms with E-state index >= 15 is 0 Å². The van der Waals surface area contributed by atoms with Crippen LogP contribution in [-0.2, 0) is 0 Å². The second kappa shape index (κ2) is 7.29. The van der Waals surface area contributed by atoms with Crippen molar-refractivity contribution in [3.63, 3.8) is 0 Å². The minimum absolute atomic E-state index is 0.161. The Labute approximate surface area is 101 Å². The fourth-order valence-corrected chi connectivity index (χ4v) is 2.94. The highest BCUT2D eigenvalue weighted by molar-refractivity contribution is 4.72. The summed E-state index contributed by atoms with van der Waals surface area (Å²) in [6, 6.07) is 0. The average Bonchev–Trinajstić information content (AvgIpc) is 2.16. The average molecular weight is 227 g/mol. The molecule has 2 nitrogen and oxygen atoms in total. The predicted molar refractivity (Wildman–Crippen MR) is 69.5 cm³/mol. The molecule has 4 atom stereocenters. The molecule has 0 unspecified atom stereocenters. The Bertz CT molecular complexity index is 182. The van der Waals surface area contributed by atoms with Gasteiger partial charge in [-0.3, -0.25) is 0 Å². The monoisotopic (exact) mass is 227 g/mol. The van der Waals surface area contributed by atoms with Crippen LogP contribution in [0.25, 0.3) is 0 Å². The Morgan fingerprint density at radius 2 is 2.06 bits per heavy atom. The molecule has 16 heavy (non-hydrogen) atoms. The van der Waals surface area contributed by atoms with E-state index in [9.17, 15) is 5.11 Å². The van der Waals surface area contributed by atoms with Gasteiger partial charge in [0.25, 0.3) is 0 Å². The van der Waals surface area contributed by atoms with E-state index in [1.54, 1.807) is 0 Å². The summed E-state index contributed by atoms with van der Waals surface area (Å²) in [7, 11) is 0. The van der Waals surface area contributed by atoms with Crippen LogP contribution in [0.4, 0.5) is 0 Å². The first-order chi connectivity index (χ1) is 7.58. The summed E-state index contributed by atoms with van der Waals surface area (Å²) in [6.45, 7) is 8.69. The van der Waals surface area contributed by atoms with Crippen molar-refractivity contribution in [2.24, 2.45) is 17.8 Å². The molecule has 1 saturated carbocycles. The number of hydrogen-bond donors (Lipinski definition) is 2. The van der Waals surface area contributed by atoms with Gasteiger partial charge in [-0.05, 0) is 57.0 Å². The summed E-state index contributed by atoms with van der Waals surface area (Å²) in [5.41, 5.74) is 0. The van der Waals surface area contributed by atoms with Gasteiger partial charge in [-0.15, -0.1) is 0 Å². The van der Waals surface area contributed by atoms with Crippen LogP contribution in [0.1, 0.15) is 52.9 Å². The third-order valence-corrected chi connectivity index (χ3v) is 3.71. The number of nitrogens with one attached hydrogen (secondary N) is 1. The zero-order chi connectivity index (χ0) is 12.0. The first kappa shape index (κ1) is 14.0. The Kier molecular flexibility index (Phi) is 6.37. The topological polar surface area (TPSA) is 32.3 Å². The quantitative estimate of drug-likeness (QED) is 0.731. The first-order valence-electron chi connectivity index (χ1n) is 6.96. The fraction of sp³-hybridized carbons (Fsp3) is 1.00. The molecule has 1 aliphatic rings. The number of aliphatic hydroxyl groups excluding tert-OH is 1. The molecule has 2 N–H and O–H groups in total. The van der Waals surface area contributed by atoms with Crippen LogP contribution >= 0.6 is 0 Å². The Balaban J connectivity index is 2.05. The van der Waals surface area contributed by atoms with E-state index in [2.05, 4.69) is 19.2 Å². The number of rotatable bonds is 6. The SMILES string of the molecule is C[C@@H]1CCC[C@@H](CNC[C@@H](C)C[C@@H](C)O)C1. The van der Waals surface area contributed by atoms with Gasteiger partial charge in [-0.2, -0.15) is 0 Å². The lowest BCUT2D eigenvalue weighted by molar-refractivity contribution is 0.162. The Hall–Kier alpha value is -0.0800. The normalized spacial score (nSPS) is 30.0. The summed E-state index contributed by atoms with van der Waals surface area (Å²) in [5, 5.41) is 12.8. The zero-order valence-corrected chi connectivity index (χ0v) is 11.2. The van der Waals surface area contributed by atoms with Gasteiger partial charge in [0.05, 0.1) is 6.10 Å². The molecule has 0 radical (unpaired) electrons. The minimum atomic E-state index is -0.161. The third kappa shape index (κ3) is 5.86. The van der Waals surface area contributed by atoms with Gasteiger partial charge in [-0.1, -0.05) is 26.7 Å². The molecule has 0 saturated heterocycles. The highest BCUT2D eigenvalue weighted by Gasteiger charge is 2.18. The molecular weight excluding hydrogens is 198 g/mol. The van der Waals surface area contributed by atoms with E-state index in [1.807, 2.05) is 6.92 Å². The third-order valence-electron chi connectivity index (χ3n) is 3.71. The lowest BCUT2D eigenvalue weighted by Gasteiger charge is -2.27. The van der Waals surface area contributed by atoms with E-state index < -0.39 is 0 Å². The van der Waals surface area contributed by atoms with Crippen molar-refractivity contribution >= 4 is 0 Å². The van der Waals surface area contributed by atoms with Crippen molar-refractivity contribution in [3.05, 3.63) is 0 Å². The van der Waals surface area contributed by atoms with Crippen molar-refractivity contribution in [3.8, 4) is 0 Å². The molecule has 0 aliphatic heterocycles. The van der Waals surface area contributed by atoms with E-state index in [-0.39, 0.29) is 6.10 Å². The molecule has 0 amide bonds. The van der Waals surface area contributed by atoms with E-state index in [0.29, 0.717) is 5.92 Å². The molecule has 0 aromatic heterocycles. The maximum atomic E-state index is 9.28. The molecule has 0 aromatic rings. The summed E-state index contributed by atoms with van der Waals surface area (Å²) >= 11 is 0. The van der Waals surface area contributed by atoms with E-state index in [1.165, 1.54) is 32.2 Å². The van der Waals surface area contributed by atoms with Crippen molar-refractivity contribution in [2.45, 2.75) is 59.0 Å². The molecule has 2 heteroatoms. The summed E-state index contributed by atoms with van der Waals surface area (Å²) < 4.78 is 0. The highest BCUT2D eigenvalue weighted by Crippen LogP contribution is 2.27. The molecule has 0 heterocycles. The van der Waals surface area contributed by atoms with Crippen molar-refractivity contribution in [1.82, 2.24) is 5.32 Å². The van der Waals surface area contributed by atoms with Crippen LogP contribution in [0.15, 0.2) is 0 Å². The van der Waals surface area contributed by atoms with Crippen LogP contribution in [0, 0.1) is 17.8 Å². The summed E-state index contributed by atoms with van der Waals surface area (Å²) in [4.78, 5) is 0. The largest absolute Gasteiger partial charge is 0.393 e. The standard InChI is InChI=1S/C14H29NO/c1-11-5-4-6-14(8-11)10-15-9-12(2)7-13(3)16/h11-16H,4-10H2,1-3H3/t11-,12+,13-,14-/m1/s1. The van der Waals surface area contributed by atoms with Gasteiger partial charge < -0.3 is 10.4 Å². The molecule has 1 rings (SSSR count). The van der Waals surface area contributed by atoms with E-state index in [0.717, 1.165) is 24.8 Å². The summed E-state index contributed by atoms with van der Waals surface area (Å²) in [5.74, 6) is 2.40. The smallest absolute Gasteiger partial charge is 0.0515 e. The van der Waals surface area contributed by atoms with Gasteiger partial charge >= 0.3 is 0 Å². The van der Waals surface area contributed by atoms with Crippen LogP contribution in [-0.4, -0.2) is 24.3 Å². The van der Waals surface area contributed by atoms with Gasteiger partial charge in [0, 0.05) is 0 Å². The van der Waals surface area contributed by atoms with Gasteiger partial charge in [0.15, 0.2) is 0 Å². The van der Waals surface area contributed by atoms with Gasteiger partial charge in [-0.25, -0.2) is 0 Å².